The van der Waals surface area contributed by atoms with E-state index in [1.807, 2.05) is 31.3 Å². The van der Waals surface area contributed by atoms with E-state index in [0.29, 0.717) is 5.82 Å². The first-order valence-electron chi connectivity index (χ1n) is 10.3. The Morgan fingerprint density at radius 2 is 1.84 bits per heavy atom. The van der Waals surface area contributed by atoms with Crippen molar-refractivity contribution in [1.82, 2.24) is 15.0 Å². The number of ether oxygens (including phenoxy) is 1. The first-order chi connectivity index (χ1) is 15.1. The van der Waals surface area contributed by atoms with E-state index in [9.17, 15) is 0 Å². The van der Waals surface area contributed by atoms with Gasteiger partial charge in [0, 0.05) is 30.4 Å². The van der Waals surface area contributed by atoms with E-state index in [2.05, 4.69) is 54.5 Å². The van der Waals surface area contributed by atoms with Crippen molar-refractivity contribution in [3.63, 3.8) is 0 Å². The lowest BCUT2D eigenvalue weighted by Crippen LogP contribution is -2.01. The predicted octanol–water partition coefficient (Wildman–Crippen LogP) is 5.92. The van der Waals surface area contributed by atoms with Crippen LogP contribution in [0.15, 0.2) is 72.6 Å². The average molecular weight is 411 g/mol. The summed E-state index contributed by atoms with van der Waals surface area (Å²) >= 11 is 0. The molecule has 0 spiro atoms. The molecule has 31 heavy (non-hydrogen) atoms. The minimum atomic E-state index is 0.664. The molecule has 0 unspecified atom stereocenters. The number of pyridine rings is 1. The van der Waals surface area contributed by atoms with Gasteiger partial charge in [0.1, 0.15) is 11.6 Å². The van der Waals surface area contributed by atoms with Crippen LogP contribution in [-0.4, -0.2) is 29.1 Å². The van der Waals surface area contributed by atoms with Gasteiger partial charge in [-0.2, -0.15) is 0 Å². The SMILES string of the molecule is CNc1nc(-c2cccnc2)nc2c(CC=C(C)C)cc(-c3cccc(OC)c3)cc12. The number of anilines is 1. The van der Waals surface area contributed by atoms with E-state index >= 15 is 0 Å². The lowest BCUT2D eigenvalue weighted by atomic mass is 9.97. The Hall–Kier alpha value is -3.73. The molecule has 0 bridgehead atoms. The van der Waals surface area contributed by atoms with Crippen molar-refractivity contribution in [1.29, 1.82) is 0 Å². The Balaban J connectivity index is 1.97. The smallest absolute Gasteiger partial charge is 0.163 e. The molecule has 5 heteroatoms. The third-order valence-corrected chi connectivity index (χ3v) is 5.17. The lowest BCUT2D eigenvalue weighted by Gasteiger charge is -2.14. The van der Waals surface area contributed by atoms with Crippen molar-refractivity contribution in [2.45, 2.75) is 20.3 Å². The molecule has 4 aromatic rings. The van der Waals surface area contributed by atoms with Crippen molar-refractivity contribution >= 4 is 16.7 Å². The van der Waals surface area contributed by atoms with Crippen molar-refractivity contribution in [2.75, 3.05) is 19.5 Å². The van der Waals surface area contributed by atoms with Crippen LogP contribution in [0.4, 0.5) is 5.82 Å². The fourth-order valence-electron chi connectivity index (χ4n) is 3.56. The number of methoxy groups -OCH3 is 1. The number of benzene rings is 2. The Morgan fingerprint density at radius 1 is 1.00 bits per heavy atom. The van der Waals surface area contributed by atoms with E-state index in [1.54, 1.807) is 19.5 Å². The van der Waals surface area contributed by atoms with Crippen LogP contribution < -0.4 is 10.1 Å². The number of hydrogen-bond donors (Lipinski definition) is 1. The van der Waals surface area contributed by atoms with Gasteiger partial charge in [0.2, 0.25) is 0 Å². The highest BCUT2D eigenvalue weighted by atomic mass is 16.5. The van der Waals surface area contributed by atoms with Gasteiger partial charge in [-0.1, -0.05) is 23.8 Å². The van der Waals surface area contributed by atoms with Crippen molar-refractivity contribution in [3.8, 4) is 28.3 Å². The quantitative estimate of drug-likeness (QED) is 0.400. The minimum absolute atomic E-state index is 0.664. The van der Waals surface area contributed by atoms with Gasteiger partial charge in [-0.3, -0.25) is 4.98 Å². The molecule has 0 amide bonds. The van der Waals surface area contributed by atoms with Crippen LogP contribution in [0.5, 0.6) is 5.75 Å². The monoisotopic (exact) mass is 410 g/mol. The van der Waals surface area contributed by atoms with Gasteiger partial charge in [0.25, 0.3) is 0 Å². The molecular weight excluding hydrogens is 384 g/mol. The van der Waals surface area contributed by atoms with Gasteiger partial charge in [-0.05, 0) is 73.4 Å². The second kappa shape index (κ2) is 8.96. The van der Waals surface area contributed by atoms with Crippen LogP contribution in [0.2, 0.25) is 0 Å². The number of aromatic nitrogens is 3. The first kappa shape index (κ1) is 20.5. The van der Waals surface area contributed by atoms with Crippen molar-refractivity contribution in [2.24, 2.45) is 0 Å². The molecular formula is C26H26N4O. The number of hydrogen-bond acceptors (Lipinski definition) is 5. The summed E-state index contributed by atoms with van der Waals surface area (Å²) in [5.74, 6) is 2.30. The molecule has 0 aliphatic heterocycles. The van der Waals surface area contributed by atoms with Crippen LogP contribution in [0.25, 0.3) is 33.4 Å². The minimum Gasteiger partial charge on any atom is -0.497 e. The normalized spacial score (nSPS) is 10.7. The number of rotatable bonds is 6. The van der Waals surface area contributed by atoms with Crippen LogP contribution in [0.3, 0.4) is 0 Å². The van der Waals surface area contributed by atoms with Gasteiger partial charge in [-0.25, -0.2) is 9.97 Å². The molecule has 2 aromatic carbocycles. The zero-order valence-corrected chi connectivity index (χ0v) is 18.3. The predicted molar refractivity (Wildman–Crippen MR) is 127 cm³/mol. The fraction of sp³-hybridized carbons (Fsp3) is 0.192. The molecule has 0 radical (unpaired) electrons. The second-order valence-electron chi connectivity index (χ2n) is 7.64. The molecule has 0 saturated heterocycles. The van der Waals surface area contributed by atoms with Crippen molar-refractivity contribution < 1.29 is 4.74 Å². The molecule has 1 N–H and O–H groups in total. The van der Waals surface area contributed by atoms with Gasteiger partial charge < -0.3 is 10.1 Å². The Bertz CT molecular complexity index is 1250. The molecule has 5 nitrogen and oxygen atoms in total. The maximum atomic E-state index is 5.43. The Labute approximate surface area is 182 Å². The highest BCUT2D eigenvalue weighted by Gasteiger charge is 2.14. The molecule has 2 aromatic heterocycles. The molecule has 0 atom stereocenters. The van der Waals surface area contributed by atoms with Gasteiger partial charge in [0.05, 0.1) is 12.6 Å². The summed E-state index contributed by atoms with van der Waals surface area (Å²) in [6.07, 6.45) is 6.57. The average Bonchev–Trinajstić information content (AvgIpc) is 2.82. The van der Waals surface area contributed by atoms with E-state index in [1.165, 1.54) is 5.57 Å². The summed E-state index contributed by atoms with van der Waals surface area (Å²) in [5, 5.41) is 4.25. The highest BCUT2D eigenvalue weighted by Crippen LogP contribution is 2.33. The van der Waals surface area contributed by atoms with Crippen LogP contribution in [0.1, 0.15) is 19.4 Å². The van der Waals surface area contributed by atoms with E-state index < -0.39 is 0 Å². The van der Waals surface area contributed by atoms with Crippen LogP contribution >= 0.6 is 0 Å². The summed E-state index contributed by atoms with van der Waals surface area (Å²) in [4.78, 5) is 14.0. The number of fused-ring (bicyclic) bond motifs is 1. The van der Waals surface area contributed by atoms with Gasteiger partial charge in [-0.15, -0.1) is 0 Å². The summed E-state index contributed by atoms with van der Waals surface area (Å²) in [6.45, 7) is 4.23. The summed E-state index contributed by atoms with van der Waals surface area (Å²) in [6, 6.07) is 16.4. The van der Waals surface area contributed by atoms with E-state index in [-0.39, 0.29) is 0 Å². The highest BCUT2D eigenvalue weighted by molar-refractivity contribution is 5.96. The van der Waals surface area contributed by atoms with Crippen LogP contribution in [-0.2, 0) is 6.42 Å². The maximum absolute atomic E-state index is 5.43. The number of nitrogens with zero attached hydrogens (tertiary/aromatic N) is 3. The fourth-order valence-corrected chi connectivity index (χ4v) is 3.56. The summed E-state index contributed by atoms with van der Waals surface area (Å²) < 4.78 is 5.43. The van der Waals surface area contributed by atoms with Gasteiger partial charge in [0.15, 0.2) is 5.82 Å². The standard InChI is InChI=1S/C26H26N4O/c1-17(2)10-11-19-13-21(18-7-5-9-22(14-18)31-4)15-23-24(19)29-25(30-26(23)27-3)20-8-6-12-28-16-20/h5-10,12-16H,11H2,1-4H3,(H,27,29,30). The molecule has 0 aliphatic rings. The van der Waals surface area contributed by atoms with Crippen molar-refractivity contribution in [3.05, 3.63) is 78.1 Å². The third-order valence-electron chi connectivity index (χ3n) is 5.17. The molecule has 4 rings (SSSR count). The zero-order valence-electron chi connectivity index (χ0n) is 18.3. The molecule has 156 valence electrons. The Kier molecular flexibility index (Phi) is 5.94. The summed E-state index contributed by atoms with van der Waals surface area (Å²) in [5.41, 5.74) is 6.47. The maximum Gasteiger partial charge on any atom is 0.163 e. The number of nitrogens with one attached hydrogen (secondary N) is 1. The first-order valence-corrected chi connectivity index (χ1v) is 10.3. The summed E-state index contributed by atoms with van der Waals surface area (Å²) in [7, 11) is 3.58. The largest absolute Gasteiger partial charge is 0.497 e. The second-order valence-corrected chi connectivity index (χ2v) is 7.64. The van der Waals surface area contributed by atoms with E-state index in [4.69, 9.17) is 14.7 Å². The van der Waals surface area contributed by atoms with Gasteiger partial charge >= 0.3 is 0 Å². The van der Waals surface area contributed by atoms with Crippen LogP contribution in [0, 0.1) is 0 Å². The lowest BCUT2D eigenvalue weighted by molar-refractivity contribution is 0.415. The topological polar surface area (TPSA) is 59.9 Å². The molecule has 0 fully saturated rings. The Morgan fingerprint density at radius 3 is 2.55 bits per heavy atom. The third kappa shape index (κ3) is 4.40. The number of allylic oxidation sites excluding steroid dienone is 2. The van der Waals surface area contributed by atoms with E-state index in [0.717, 1.165) is 51.1 Å². The zero-order chi connectivity index (χ0) is 21.8. The molecule has 0 aliphatic carbocycles. The molecule has 2 heterocycles. The molecule has 0 saturated carbocycles.